The quantitative estimate of drug-likeness (QED) is 0.180. The summed E-state index contributed by atoms with van der Waals surface area (Å²) in [5, 5.41) is 12.5. The lowest BCUT2D eigenvalue weighted by molar-refractivity contribution is -0.387. The van der Waals surface area contributed by atoms with Crippen LogP contribution in [0.4, 0.5) is 5.69 Å². The first-order valence-electron chi connectivity index (χ1n) is 12.8. The smallest absolute Gasteiger partial charge is 0.289 e. The maximum Gasteiger partial charge on any atom is 0.289 e. The Bertz CT molecular complexity index is 1690. The SMILES string of the molecule is O=C(c1ccc(S(=O)(=O)c2ccccc2Cl)c([N+](=O)[O-])c1)N1CCN([C@H](c2ccccc2)c2ccc(Cl)cc2)CC1. The summed E-state index contributed by atoms with van der Waals surface area (Å²) in [6, 6.07) is 26.9. The fourth-order valence-corrected chi connectivity index (χ4v) is 7.10. The Morgan fingerprint density at radius 3 is 2.02 bits per heavy atom. The van der Waals surface area contributed by atoms with E-state index in [1.807, 2.05) is 42.5 Å². The van der Waals surface area contributed by atoms with Crippen molar-refractivity contribution >= 4 is 44.6 Å². The topological polar surface area (TPSA) is 101 Å². The normalized spacial score (nSPS) is 14.9. The van der Waals surface area contributed by atoms with Crippen molar-refractivity contribution in [2.75, 3.05) is 26.2 Å². The number of carbonyl (C=O) groups is 1. The van der Waals surface area contributed by atoms with Gasteiger partial charge in [0.05, 0.1) is 20.9 Å². The van der Waals surface area contributed by atoms with E-state index in [1.54, 1.807) is 11.0 Å². The number of sulfone groups is 1. The average molecular weight is 611 g/mol. The fraction of sp³-hybridized carbons (Fsp3) is 0.167. The molecule has 11 heteroatoms. The number of rotatable bonds is 7. The number of hydrogen-bond donors (Lipinski definition) is 0. The van der Waals surface area contributed by atoms with E-state index in [0.29, 0.717) is 31.2 Å². The Morgan fingerprint density at radius 2 is 1.39 bits per heavy atom. The molecule has 1 amide bonds. The van der Waals surface area contributed by atoms with Crippen LogP contribution in [0.25, 0.3) is 0 Å². The highest BCUT2D eigenvalue weighted by atomic mass is 35.5. The number of nitro groups is 1. The minimum absolute atomic E-state index is 0.0406. The van der Waals surface area contributed by atoms with Crippen LogP contribution in [0.1, 0.15) is 27.5 Å². The van der Waals surface area contributed by atoms with E-state index in [1.165, 1.54) is 24.3 Å². The number of piperazine rings is 1. The molecule has 0 saturated carbocycles. The van der Waals surface area contributed by atoms with Crippen molar-refractivity contribution in [3.63, 3.8) is 0 Å². The molecule has 0 aliphatic carbocycles. The van der Waals surface area contributed by atoms with Gasteiger partial charge in [0.15, 0.2) is 0 Å². The molecule has 210 valence electrons. The highest BCUT2D eigenvalue weighted by Gasteiger charge is 2.32. The highest BCUT2D eigenvalue weighted by molar-refractivity contribution is 7.91. The second-order valence-corrected chi connectivity index (χ2v) is 12.3. The van der Waals surface area contributed by atoms with Gasteiger partial charge in [0.25, 0.3) is 11.6 Å². The Labute approximate surface area is 247 Å². The number of nitro benzene ring substituents is 1. The van der Waals surface area contributed by atoms with E-state index in [0.717, 1.165) is 23.3 Å². The van der Waals surface area contributed by atoms with Crippen molar-refractivity contribution < 1.29 is 18.1 Å². The van der Waals surface area contributed by atoms with Crippen LogP contribution in [0.15, 0.2) is 107 Å². The van der Waals surface area contributed by atoms with Crippen molar-refractivity contribution in [2.45, 2.75) is 15.8 Å². The van der Waals surface area contributed by atoms with Crippen LogP contribution >= 0.6 is 23.2 Å². The zero-order chi connectivity index (χ0) is 29.1. The molecule has 0 spiro atoms. The third-order valence-corrected chi connectivity index (χ3v) is 9.64. The molecule has 1 saturated heterocycles. The molecule has 0 N–H and O–H groups in total. The van der Waals surface area contributed by atoms with E-state index in [4.69, 9.17) is 23.2 Å². The van der Waals surface area contributed by atoms with E-state index in [9.17, 15) is 23.3 Å². The van der Waals surface area contributed by atoms with Gasteiger partial charge in [-0.15, -0.1) is 0 Å². The number of halogens is 2. The molecular formula is C30H25Cl2N3O5S. The number of nitrogens with zero attached hydrogens (tertiary/aromatic N) is 3. The van der Waals surface area contributed by atoms with E-state index in [-0.39, 0.29) is 21.5 Å². The molecule has 0 bridgehead atoms. The van der Waals surface area contributed by atoms with Gasteiger partial charge in [-0.05, 0) is 47.5 Å². The number of hydrogen-bond acceptors (Lipinski definition) is 6. The largest absolute Gasteiger partial charge is 0.336 e. The maximum absolute atomic E-state index is 13.4. The van der Waals surface area contributed by atoms with Crippen molar-refractivity contribution in [3.8, 4) is 0 Å². The van der Waals surface area contributed by atoms with E-state index in [2.05, 4.69) is 17.0 Å². The molecule has 0 radical (unpaired) electrons. The zero-order valence-corrected chi connectivity index (χ0v) is 24.0. The lowest BCUT2D eigenvalue weighted by Gasteiger charge is -2.39. The molecule has 0 unspecified atom stereocenters. The summed E-state index contributed by atoms with van der Waals surface area (Å²) < 4.78 is 26.4. The molecular weight excluding hydrogens is 585 g/mol. The van der Waals surface area contributed by atoms with Crippen LogP contribution in [-0.2, 0) is 9.84 Å². The summed E-state index contributed by atoms with van der Waals surface area (Å²) >= 11 is 12.2. The third-order valence-electron chi connectivity index (χ3n) is 7.09. The number of carbonyl (C=O) groups excluding carboxylic acids is 1. The number of amides is 1. The molecule has 8 nitrogen and oxygen atoms in total. The van der Waals surface area contributed by atoms with Crippen molar-refractivity contribution in [3.05, 3.63) is 134 Å². The number of benzene rings is 4. The van der Waals surface area contributed by atoms with Crippen LogP contribution in [0.2, 0.25) is 10.0 Å². The van der Waals surface area contributed by atoms with E-state index >= 15 is 0 Å². The molecule has 1 heterocycles. The molecule has 4 aromatic rings. The van der Waals surface area contributed by atoms with Crippen LogP contribution in [0.3, 0.4) is 0 Å². The molecule has 41 heavy (non-hydrogen) atoms. The van der Waals surface area contributed by atoms with Crippen LogP contribution < -0.4 is 0 Å². The Balaban J connectivity index is 1.37. The lowest BCUT2D eigenvalue weighted by atomic mass is 9.96. The van der Waals surface area contributed by atoms with Crippen molar-refractivity contribution in [1.29, 1.82) is 0 Å². The third kappa shape index (κ3) is 5.99. The second-order valence-electron chi connectivity index (χ2n) is 9.57. The molecule has 1 aliphatic heterocycles. The van der Waals surface area contributed by atoms with Gasteiger partial charge in [0, 0.05) is 42.8 Å². The molecule has 4 aromatic carbocycles. The predicted octanol–water partition coefficient (Wildman–Crippen LogP) is 6.28. The summed E-state index contributed by atoms with van der Waals surface area (Å²) in [5.41, 5.74) is 1.55. The Kier molecular flexibility index (Phi) is 8.42. The molecule has 1 fully saturated rings. The van der Waals surface area contributed by atoms with Crippen LogP contribution in [0.5, 0.6) is 0 Å². The minimum atomic E-state index is -4.30. The van der Waals surface area contributed by atoms with Crippen molar-refractivity contribution in [1.82, 2.24) is 9.80 Å². The van der Waals surface area contributed by atoms with Crippen LogP contribution in [-0.4, -0.2) is 55.2 Å². The molecule has 1 aliphatic rings. The second kappa shape index (κ2) is 12.0. The van der Waals surface area contributed by atoms with Gasteiger partial charge in [-0.3, -0.25) is 19.8 Å². The Hall–Kier alpha value is -3.76. The molecule has 0 aromatic heterocycles. The zero-order valence-electron chi connectivity index (χ0n) is 21.7. The summed E-state index contributed by atoms with van der Waals surface area (Å²) in [4.78, 5) is 27.7. The van der Waals surface area contributed by atoms with Crippen molar-refractivity contribution in [2.24, 2.45) is 0 Å². The summed E-state index contributed by atoms with van der Waals surface area (Å²) in [5.74, 6) is -0.405. The van der Waals surface area contributed by atoms with Gasteiger partial charge in [-0.2, -0.15) is 0 Å². The lowest BCUT2D eigenvalue weighted by Crippen LogP contribution is -2.49. The predicted molar refractivity (Wildman–Crippen MR) is 157 cm³/mol. The minimum Gasteiger partial charge on any atom is -0.336 e. The van der Waals surface area contributed by atoms with Crippen LogP contribution in [0, 0.1) is 10.1 Å². The monoisotopic (exact) mass is 609 g/mol. The molecule has 5 rings (SSSR count). The molecule has 1 atom stereocenters. The summed E-state index contributed by atoms with van der Waals surface area (Å²) in [6.45, 7) is 1.91. The van der Waals surface area contributed by atoms with Gasteiger partial charge in [-0.1, -0.05) is 77.8 Å². The summed E-state index contributed by atoms with van der Waals surface area (Å²) in [7, 11) is -4.30. The first-order chi connectivity index (χ1) is 19.7. The van der Waals surface area contributed by atoms with E-state index < -0.39 is 31.3 Å². The van der Waals surface area contributed by atoms with Gasteiger partial charge < -0.3 is 4.90 Å². The van der Waals surface area contributed by atoms with Gasteiger partial charge >= 0.3 is 0 Å². The van der Waals surface area contributed by atoms with Gasteiger partial charge in [0.2, 0.25) is 9.84 Å². The Morgan fingerprint density at radius 1 is 0.780 bits per heavy atom. The standard InChI is InChI=1S/C30H25Cl2N3O5S/c31-24-13-10-22(11-14-24)29(21-6-2-1-3-7-21)33-16-18-34(19-17-33)30(36)23-12-15-28(26(20-23)35(37)38)41(39,40)27-9-5-4-8-25(27)32/h1-15,20,29H,16-19H2/t29-/m1/s1. The average Bonchev–Trinajstić information content (AvgIpc) is 2.98. The fourth-order valence-electron chi connectivity index (χ4n) is 5.06. The highest BCUT2D eigenvalue weighted by Crippen LogP contribution is 2.34. The first-order valence-corrected chi connectivity index (χ1v) is 15.0. The van der Waals surface area contributed by atoms with Gasteiger partial charge in [0.1, 0.15) is 4.90 Å². The maximum atomic E-state index is 13.4. The van der Waals surface area contributed by atoms with Gasteiger partial charge in [-0.25, -0.2) is 8.42 Å². The first kappa shape index (κ1) is 28.8. The summed E-state index contributed by atoms with van der Waals surface area (Å²) in [6.07, 6.45) is 0.